The third-order valence-electron chi connectivity index (χ3n) is 1.32. The van der Waals surface area contributed by atoms with E-state index < -0.39 is 9.92 Å². The van der Waals surface area contributed by atoms with Crippen molar-refractivity contribution in [1.82, 2.24) is 0 Å². The predicted molar refractivity (Wildman–Crippen MR) is 41.6 cm³/mol. The molecule has 0 aromatic heterocycles. The van der Waals surface area contributed by atoms with Crippen LogP contribution in [0, 0.1) is 10.1 Å². The van der Waals surface area contributed by atoms with Crippen molar-refractivity contribution >= 4 is 11.6 Å². The minimum atomic E-state index is -1.09. The molecule has 0 bridgehead atoms. The lowest BCUT2D eigenvalue weighted by Crippen LogP contribution is -2.32. The van der Waals surface area contributed by atoms with E-state index >= 15 is 0 Å². The van der Waals surface area contributed by atoms with Crippen molar-refractivity contribution in [3.63, 3.8) is 0 Å². The monoisotopic (exact) mass is 174 g/mol. The quantitative estimate of drug-likeness (QED) is 0.279. The fourth-order valence-corrected chi connectivity index (χ4v) is 1.03. The molecule has 0 amide bonds. The molecule has 2 N–H and O–H groups in total. The van der Waals surface area contributed by atoms with Crippen LogP contribution in [-0.2, 0) is 0 Å². The van der Waals surface area contributed by atoms with Gasteiger partial charge in [-0.1, -0.05) is 17.7 Å². The van der Waals surface area contributed by atoms with Crippen LogP contribution in [0.4, 0.5) is 0 Å². The standard InChI is InChI=1S/C6H7ClN2O2/c7-6(8)3-1-2-5(4-6)9(10)11/h1-2,4H,3,8H2. The van der Waals surface area contributed by atoms with Gasteiger partial charge in [-0.05, 0) is 0 Å². The zero-order chi connectivity index (χ0) is 8.48. The van der Waals surface area contributed by atoms with E-state index in [2.05, 4.69) is 0 Å². The van der Waals surface area contributed by atoms with Crippen molar-refractivity contribution in [3.8, 4) is 0 Å². The number of hydrogen-bond donors (Lipinski definition) is 1. The molecule has 0 spiro atoms. The Morgan fingerprint density at radius 1 is 1.82 bits per heavy atom. The molecule has 0 aromatic rings. The molecular formula is C6H7ClN2O2. The summed E-state index contributed by atoms with van der Waals surface area (Å²) < 4.78 is 0. The average molecular weight is 175 g/mol. The summed E-state index contributed by atoms with van der Waals surface area (Å²) in [6.07, 6.45) is 4.65. The summed E-state index contributed by atoms with van der Waals surface area (Å²) in [6, 6.07) is 0. The molecule has 1 aliphatic rings. The van der Waals surface area contributed by atoms with Crippen LogP contribution in [0.2, 0.25) is 0 Å². The molecule has 1 rings (SSSR count). The molecule has 0 radical (unpaired) electrons. The summed E-state index contributed by atoms with van der Waals surface area (Å²) in [5.41, 5.74) is 5.39. The van der Waals surface area contributed by atoms with Gasteiger partial charge >= 0.3 is 0 Å². The maximum atomic E-state index is 10.2. The zero-order valence-corrected chi connectivity index (χ0v) is 6.41. The lowest BCUT2D eigenvalue weighted by Gasteiger charge is -2.16. The molecule has 0 heterocycles. The maximum Gasteiger partial charge on any atom is 0.268 e. The van der Waals surface area contributed by atoms with Crippen LogP contribution in [-0.4, -0.2) is 9.92 Å². The van der Waals surface area contributed by atoms with Crippen LogP contribution < -0.4 is 5.73 Å². The number of alkyl halides is 1. The molecule has 11 heavy (non-hydrogen) atoms. The third-order valence-corrected chi connectivity index (χ3v) is 1.58. The highest BCUT2D eigenvalue weighted by molar-refractivity contribution is 6.25. The Balaban J connectivity index is 2.89. The van der Waals surface area contributed by atoms with Crippen molar-refractivity contribution in [2.24, 2.45) is 5.73 Å². The van der Waals surface area contributed by atoms with Gasteiger partial charge in [-0.3, -0.25) is 10.1 Å². The topological polar surface area (TPSA) is 69.2 Å². The number of halogens is 1. The molecule has 0 aliphatic heterocycles. The molecule has 1 atom stereocenters. The summed E-state index contributed by atoms with van der Waals surface area (Å²) >= 11 is 5.66. The molecule has 0 saturated heterocycles. The molecule has 1 aliphatic carbocycles. The zero-order valence-electron chi connectivity index (χ0n) is 5.66. The van der Waals surface area contributed by atoms with Gasteiger partial charge in [0.1, 0.15) is 5.00 Å². The van der Waals surface area contributed by atoms with E-state index in [1.54, 1.807) is 6.08 Å². The number of nitro groups is 1. The number of allylic oxidation sites excluding steroid dienone is 1. The van der Waals surface area contributed by atoms with Crippen LogP contribution in [0.1, 0.15) is 6.42 Å². The molecule has 4 nitrogen and oxygen atoms in total. The summed E-state index contributed by atoms with van der Waals surface area (Å²) in [6.45, 7) is 0. The molecular weight excluding hydrogens is 168 g/mol. The van der Waals surface area contributed by atoms with Crippen LogP contribution >= 0.6 is 11.6 Å². The highest BCUT2D eigenvalue weighted by Crippen LogP contribution is 2.22. The number of hydrogen-bond acceptors (Lipinski definition) is 3. The normalized spacial score (nSPS) is 29.8. The molecule has 1 unspecified atom stereocenters. The highest BCUT2D eigenvalue weighted by atomic mass is 35.5. The van der Waals surface area contributed by atoms with Gasteiger partial charge < -0.3 is 5.73 Å². The Bertz CT molecular complexity index is 245. The SMILES string of the molecule is NC1(Cl)C=C([N+](=O)[O-])C=CC1. The Kier molecular flexibility index (Phi) is 1.97. The first kappa shape index (κ1) is 8.23. The molecule has 0 saturated carbocycles. The number of nitrogens with zero attached hydrogens (tertiary/aromatic N) is 1. The average Bonchev–Trinajstić information content (AvgIpc) is 1.85. The van der Waals surface area contributed by atoms with Gasteiger partial charge in [-0.2, -0.15) is 0 Å². The van der Waals surface area contributed by atoms with E-state index in [0.29, 0.717) is 6.42 Å². The second-order valence-corrected chi connectivity index (χ2v) is 3.06. The second-order valence-electron chi connectivity index (χ2n) is 2.36. The lowest BCUT2D eigenvalue weighted by atomic mass is 10.1. The van der Waals surface area contributed by atoms with Gasteiger partial charge in [-0.15, -0.1) is 0 Å². The fourth-order valence-electron chi connectivity index (χ4n) is 0.827. The van der Waals surface area contributed by atoms with Gasteiger partial charge in [0.2, 0.25) is 0 Å². The van der Waals surface area contributed by atoms with E-state index in [1.165, 1.54) is 12.2 Å². The lowest BCUT2D eigenvalue weighted by molar-refractivity contribution is -0.419. The number of rotatable bonds is 1. The van der Waals surface area contributed by atoms with Crippen molar-refractivity contribution in [2.75, 3.05) is 0 Å². The summed E-state index contributed by atoms with van der Waals surface area (Å²) in [5, 5.41) is 10.2. The Morgan fingerprint density at radius 3 is 2.82 bits per heavy atom. The van der Waals surface area contributed by atoms with Gasteiger partial charge in [0.05, 0.1) is 4.92 Å². The van der Waals surface area contributed by atoms with Crippen molar-refractivity contribution < 1.29 is 4.92 Å². The summed E-state index contributed by atoms with van der Waals surface area (Å²) in [7, 11) is 0. The van der Waals surface area contributed by atoms with E-state index in [-0.39, 0.29) is 5.70 Å². The van der Waals surface area contributed by atoms with Gasteiger partial charge in [0.25, 0.3) is 5.70 Å². The predicted octanol–water partition coefficient (Wildman–Crippen LogP) is 1.00. The fraction of sp³-hybridized carbons (Fsp3) is 0.333. The highest BCUT2D eigenvalue weighted by Gasteiger charge is 2.24. The third kappa shape index (κ3) is 2.03. The van der Waals surface area contributed by atoms with E-state index in [0.717, 1.165) is 0 Å². The second kappa shape index (κ2) is 2.64. The molecule has 0 fully saturated rings. The molecule has 0 aromatic carbocycles. The first-order valence-corrected chi connectivity index (χ1v) is 3.41. The summed E-state index contributed by atoms with van der Waals surface area (Å²) in [5.74, 6) is 0. The van der Waals surface area contributed by atoms with Gasteiger partial charge in [0, 0.05) is 18.6 Å². The Labute approximate surface area is 68.5 Å². The Hall–Kier alpha value is -0.870. The van der Waals surface area contributed by atoms with E-state index in [9.17, 15) is 10.1 Å². The van der Waals surface area contributed by atoms with Gasteiger partial charge in [0.15, 0.2) is 0 Å². The van der Waals surface area contributed by atoms with Crippen LogP contribution in [0.15, 0.2) is 23.9 Å². The van der Waals surface area contributed by atoms with Crippen LogP contribution in [0.25, 0.3) is 0 Å². The first-order chi connectivity index (χ1) is 5.01. The van der Waals surface area contributed by atoms with Crippen LogP contribution in [0.5, 0.6) is 0 Å². The van der Waals surface area contributed by atoms with Crippen LogP contribution in [0.3, 0.4) is 0 Å². The largest absolute Gasteiger partial charge is 0.309 e. The minimum absolute atomic E-state index is 0.0475. The first-order valence-electron chi connectivity index (χ1n) is 3.03. The van der Waals surface area contributed by atoms with Crippen molar-refractivity contribution in [1.29, 1.82) is 0 Å². The number of nitrogens with two attached hydrogens (primary N) is 1. The maximum absolute atomic E-state index is 10.2. The van der Waals surface area contributed by atoms with E-state index in [1.807, 2.05) is 0 Å². The van der Waals surface area contributed by atoms with Crippen molar-refractivity contribution in [3.05, 3.63) is 34.0 Å². The van der Waals surface area contributed by atoms with Gasteiger partial charge in [-0.25, -0.2) is 0 Å². The smallest absolute Gasteiger partial charge is 0.268 e. The minimum Gasteiger partial charge on any atom is -0.309 e. The van der Waals surface area contributed by atoms with E-state index in [4.69, 9.17) is 17.3 Å². The Morgan fingerprint density at radius 2 is 2.45 bits per heavy atom. The molecule has 60 valence electrons. The molecule has 5 heteroatoms. The summed E-state index contributed by atoms with van der Waals surface area (Å²) in [4.78, 5) is 8.61. The van der Waals surface area contributed by atoms with Crippen molar-refractivity contribution in [2.45, 2.75) is 11.4 Å².